The zero-order valence-electron chi connectivity index (χ0n) is 21.8. The first kappa shape index (κ1) is 24.8. The number of pyridine rings is 2. The maximum Gasteiger partial charge on any atom is 0.270 e. The van der Waals surface area contributed by atoms with Crippen LogP contribution in [0.15, 0.2) is 54.9 Å². The highest BCUT2D eigenvalue weighted by Gasteiger charge is 2.15. The van der Waals surface area contributed by atoms with Crippen LogP contribution >= 0.6 is 0 Å². The predicted molar refractivity (Wildman–Crippen MR) is 143 cm³/mol. The Kier molecular flexibility index (Phi) is 6.65. The van der Waals surface area contributed by atoms with Gasteiger partial charge in [-0.15, -0.1) is 0 Å². The third-order valence-electron chi connectivity index (χ3n) is 5.92. The lowest BCUT2D eigenvalue weighted by Crippen LogP contribution is -2.27. The van der Waals surface area contributed by atoms with Gasteiger partial charge in [-0.3, -0.25) is 14.9 Å². The molecule has 0 aromatic carbocycles. The number of amides is 1. The van der Waals surface area contributed by atoms with Crippen molar-refractivity contribution in [1.82, 2.24) is 45.2 Å². The molecular formula is C27H28N10O. The van der Waals surface area contributed by atoms with E-state index < -0.39 is 0 Å². The highest BCUT2D eigenvalue weighted by Crippen LogP contribution is 2.21. The summed E-state index contributed by atoms with van der Waals surface area (Å²) in [4.78, 5) is 30.8. The van der Waals surface area contributed by atoms with Gasteiger partial charge in [-0.1, -0.05) is 6.07 Å². The van der Waals surface area contributed by atoms with Crippen molar-refractivity contribution in [2.75, 3.05) is 5.32 Å². The summed E-state index contributed by atoms with van der Waals surface area (Å²) in [5.74, 6) is 2.23. The molecule has 1 unspecified atom stereocenters. The van der Waals surface area contributed by atoms with Gasteiger partial charge in [0.2, 0.25) is 0 Å². The molecule has 1 atom stereocenters. The molecule has 11 heteroatoms. The van der Waals surface area contributed by atoms with Crippen molar-refractivity contribution in [2.24, 2.45) is 0 Å². The van der Waals surface area contributed by atoms with Crippen molar-refractivity contribution in [3.05, 3.63) is 88.9 Å². The molecule has 1 amide bonds. The van der Waals surface area contributed by atoms with E-state index in [1.807, 2.05) is 65.0 Å². The fourth-order valence-electron chi connectivity index (χ4n) is 4.03. The van der Waals surface area contributed by atoms with E-state index in [0.717, 1.165) is 34.2 Å². The van der Waals surface area contributed by atoms with Gasteiger partial charge in [-0.2, -0.15) is 10.2 Å². The van der Waals surface area contributed by atoms with Gasteiger partial charge in [0.25, 0.3) is 5.91 Å². The summed E-state index contributed by atoms with van der Waals surface area (Å²) in [7, 11) is 0. The summed E-state index contributed by atoms with van der Waals surface area (Å²) in [6.45, 7) is 9.65. The summed E-state index contributed by atoms with van der Waals surface area (Å²) in [5.41, 5.74) is 5.55. The Morgan fingerprint density at radius 1 is 0.921 bits per heavy atom. The van der Waals surface area contributed by atoms with E-state index in [4.69, 9.17) is 0 Å². The van der Waals surface area contributed by atoms with Gasteiger partial charge in [0.15, 0.2) is 17.5 Å². The van der Waals surface area contributed by atoms with E-state index in [9.17, 15) is 4.79 Å². The number of rotatable bonds is 7. The Morgan fingerprint density at radius 2 is 1.76 bits per heavy atom. The molecule has 5 aromatic heterocycles. The summed E-state index contributed by atoms with van der Waals surface area (Å²) < 4.78 is 1.79. The van der Waals surface area contributed by atoms with Crippen LogP contribution in [-0.2, 0) is 0 Å². The van der Waals surface area contributed by atoms with Gasteiger partial charge in [0.1, 0.15) is 11.5 Å². The molecule has 0 aliphatic rings. The molecule has 0 saturated carbocycles. The number of aryl methyl sites for hydroxylation is 4. The van der Waals surface area contributed by atoms with Crippen LogP contribution in [0.4, 0.5) is 11.6 Å². The molecule has 11 nitrogen and oxygen atoms in total. The average Bonchev–Trinajstić information content (AvgIpc) is 3.46. The lowest BCUT2D eigenvalue weighted by Gasteiger charge is -2.14. The highest BCUT2D eigenvalue weighted by molar-refractivity contribution is 5.92. The van der Waals surface area contributed by atoms with Crippen LogP contribution in [0.1, 0.15) is 51.8 Å². The van der Waals surface area contributed by atoms with Crippen molar-refractivity contribution < 1.29 is 4.79 Å². The summed E-state index contributed by atoms with van der Waals surface area (Å²) in [6.07, 6.45) is 3.35. The highest BCUT2D eigenvalue weighted by atomic mass is 16.1. The number of H-pyrrole nitrogens is 1. The first-order valence-electron chi connectivity index (χ1n) is 12.2. The molecule has 0 fully saturated rings. The number of carbonyl (C=O) groups excluding carboxylic acids is 1. The quantitative estimate of drug-likeness (QED) is 0.296. The molecule has 0 radical (unpaired) electrons. The smallest absolute Gasteiger partial charge is 0.270 e. The number of aromatic nitrogens is 8. The maximum absolute atomic E-state index is 12.9. The molecule has 0 bridgehead atoms. The topological polar surface area (TPSA) is 139 Å². The Morgan fingerprint density at radius 3 is 2.39 bits per heavy atom. The molecule has 5 rings (SSSR count). The Bertz CT molecular complexity index is 1590. The van der Waals surface area contributed by atoms with E-state index in [0.29, 0.717) is 28.7 Å². The molecule has 38 heavy (non-hydrogen) atoms. The van der Waals surface area contributed by atoms with E-state index in [1.165, 1.54) is 0 Å². The van der Waals surface area contributed by atoms with Gasteiger partial charge < -0.3 is 10.6 Å². The second-order valence-corrected chi connectivity index (χ2v) is 9.20. The van der Waals surface area contributed by atoms with Crippen molar-refractivity contribution in [1.29, 1.82) is 0 Å². The molecule has 5 aromatic rings. The lowest BCUT2D eigenvalue weighted by molar-refractivity contribution is 0.0935. The minimum Gasteiger partial charge on any atom is -0.344 e. The first-order chi connectivity index (χ1) is 18.2. The van der Waals surface area contributed by atoms with Crippen LogP contribution < -0.4 is 10.6 Å². The van der Waals surface area contributed by atoms with Crippen LogP contribution in [0.5, 0.6) is 0 Å². The maximum atomic E-state index is 12.9. The Labute approximate surface area is 219 Å². The zero-order valence-corrected chi connectivity index (χ0v) is 21.8. The van der Waals surface area contributed by atoms with E-state index in [-0.39, 0.29) is 11.9 Å². The standard InChI is InChI=1S/C27H28N10O/c1-15-11-23(32-24-12-16(2)34-35-24)33-26(30-15)21-6-8-22(28-14-21)27(38)31-19(5)20-7-9-25(29-13-20)37-18(4)10-17(3)36-37/h6-14,19H,1-5H3,(H,31,38)(H2,30,32,33,34,35). The van der Waals surface area contributed by atoms with Gasteiger partial charge >= 0.3 is 0 Å². The number of hydrogen-bond acceptors (Lipinski definition) is 8. The molecule has 3 N–H and O–H groups in total. The number of carbonyl (C=O) groups is 1. The first-order valence-corrected chi connectivity index (χ1v) is 12.2. The third-order valence-corrected chi connectivity index (χ3v) is 5.92. The molecule has 0 aliphatic heterocycles. The molecule has 0 saturated heterocycles. The number of hydrogen-bond donors (Lipinski definition) is 3. The second kappa shape index (κ2) is 10.2. The lowest BCUT2D eigenvalue weighted by atomic mass is 10.1. The van der Waals surface area contributed by atoms with Crippen LogP contribution in [0.3, 0.4) is 0 Å². The zero-order chi connectivity index (χ0) is 26.8. The Hall–Kier alpha value is -4.93. The fraction of sp³-hybridized carbons (Fsp3) is 0.222. The van der Waals surface area contributed by atoms with Crippen molar-refractivity contribution in [3.8, 4) is 17.2 Å². The molecule has 5 heterocycles. The van der Waals surface area contributed by atoms with E-state index >= 15 is 0 Å². The minimum absolute atomic E-state index is 0.259. The monoisotopic (exact) mass is 508 g/mol. The van der Waals surface area contributed by atoms with Crippen LogP contribution in [-0.4, -0.2) is 45.8 Å². The van der Waals surface area contributed by atoms with Crippen LogP contribution in [0.2, 0.25) is 0 Å². The van der Waals surface area contributed by atoms with Crippen LogP contribution in [0.25, 0.3) is 17.2 Å². The molecular weight excluding hydrogens is 480 g/mol. The van der Waals surface area contributed by atoms with Crippen molar-refractivity contribution in [3.63, 3.8) is 0 Å². The predicted octanol–water partition coefficient (Wildman–Crippen LogP) is 4.31. The number of aromatic amines is 1. The normalized spacial score (nSPS) is 11.8. The van der Waals surface area contributed by atoms with Gasteiger partial charge in [0, 0.05) is 47.2 Å². The number of nitrogens with one attached hydrogen (secondary N) is 3. The summed E-state index contributed by atoms with van der Waals surface area (Å²) in [5, 5.41) is 17.7. The van der Waals surface area contributed by atoms with Crippen molar-refractivity contribution in [2.45, 2.75) is 40.7 Å². The fourth-order valence-corrected chi connectivity index (χ4v) is 4.03. The number of anilines is 2. The van der Waals surface area contributed by atoms with Crippen molar-refractivity contribution >= 4 is 17.5 Å². The van der Waals surface area contributed by atoms with Crippen LogP contribution in [0, 0.1) is 27.7 Å². The third kappa shape index (κ3) is 5.41. The Balaban J connectivity index is 1.26. The van der Waals surface area contributed by atoms with E-state index in [1.54, 1.807) is 29.2 Å². The second-order valence-electron chi connectivity index (χ2n) is 9.20. The number of nitrogens with zero attached hydrogens (tertiary/aromatic N) is 7. The minimum atomic E-state index is -0.284. The van der Waals surface area contributed by atoms with E-state index in [2.05, 4.69) is 45.9 Å². The van der Waals surface area contributed by atoms with Gasteiger partial charge in [-0.05, 0) is 64.4 Å². The molecule has 0 aliphatic carbocycles. The largest absolute Gasteiger partial charge is 0.344 e. The van der Waals surface area contributed by atoms with Gasteiger partial charge in [-0.25, -0.2) is 19.6 Å². The molecule has 192 valence electrons. The summed E-state index contributed by atoms with van der Waals surface area (Å²) >= 11 is 0. The average molecular weight is 509 g/mol. The SMILES string of the molecule is Cc1cc(Nc2cc(C)[nH]n2)nc(-c2ccc(C(=O)NC(C)c3ccc(-n4nc(C)cc4C)nc3)nc2)n1. The van der Waals surface area contributed by atoms with Gasteiger partial charge in [0.05, 0.1) is 11.7 Å². The summed E-state index contributed by atoms with van der Waals surface area (Å²) in [6, 6.07) is 12.7. The molecule has 0 spiro atoms.